The third-order valence-electron chi connectivity index (χ3n) is 1.59. The smallest absolute Gasteiger partial charge is 0.400 e. The maximum absolute atomic E-state index is 13.0. The van der Waals surface area contributed by atoms with Gasteiger partial charge < -0.3 is 9.84 Å². The van der Waals surface area contributed by atoms with Gasteiger partial charge in [-0.25, -0.2) is 9.37 Å². The highest BCUT2D eigenvalue weighted by Crippen LogP contribution is 2.29. The van der Waals surface area contributed by atoms with Gasteiger partial charge in [0.2, 0.25) is 0 Å². The van der Waals surface area contributed by atoms with Gasteiger partial charge in [-0.05, 0) is 6.07 Å². The quantitative estimate of drug-likeness (QED) is 0.652. The van der Waals surface area contributed by atoms with Crippen molar-refractivity contribution < 1.29 is 31.8 Å². The van der Waals surface area contributed by atoms with Gasteiger partial charge in [0.25, 0.3) is 5.95 Å². The Labute approximate surface area is 86.5 Å². The molecule has 1 heterocycles. The molecule has 1 aromatic heterocycles. The van der Waals surface area contributed by atoms with Gasteiger partial charge >= 0.3 is 6.36 Å². The summed E-state index contributed by atoms with van der Waals surface area (Å²) in [4.78, 5) is 2.91. The van der Waals surface area contributed by atoms with Gasteiger partial charge in [-0.15, -0.1) is 13.2 Å². The molecule has 0 saturated carbocycles. The standard InChI is InChI=1S/C8H6F5NO2/c9-2-5-1-4(3-15)6(7(10)14-5)16-8(11,12)13/h1,15H,2-3H2. The second-order valence-corrected chi connectivity index (χ2v) is 2.73. The molecule has 0 spiro atoms. The van der Waals surface area contributed by atoms with Crippen LogP contribution in [0.25, 0.3) is 0 Å². The van der Waals surface area contributed by atoms with E-state index in [9.17, 15) is 22.0 Å². The molecule has 0 saturated heterocycles. The second kappa shape index (κ2) is 4.60. The molecule has 0 aliphatic rings. The zero-order valence-corrected chi connectivity index (χ0v) is 7.68. The summed E-state index contributed by atoms with van der Waals surface area (Å²) in [5.41, 5.74) is -0.937. The largest absolute Gasteiger partial charge is 0.573 e. The molecule has 90 valence electrons. The molecule has 0 radical (unpaired) electrons. The van der Waals surface area contributed by atoms with Gasteiger partial charge in [-0.3, -0.25) is 0 Å². The Hall–Kier alpha value is -1.44. The minimum Gasteiger partial charge on any atom is -0.400 e. The Bertz CT molecular complexity index is 379. The Kier molecular flexibility index (Phi) is 3.63. The van der Waals surface area contributed by atoms with Crippen molar-refractivity contribution in [2.45, 2.75) is 19.6 Å². The van der Waals surface area contributed by atoms with E-state index in [2.05, 4.69) is 9.72 Å². The van der Waals surface area contributed by atoms with Crippen molar-refractivity contribution in [1.29, 1.82) is 0 Å². The van der Waals surface area contributed by atoms with Gasteiger partial charge in [-0.1, -0.05) is 0 Å². The minimum atomic E-state index is -5.11. The Morgan fingerprint density at radius 2 is 2.00 bits per heavy atom. The van der Waals surface area contributed by atoms with Crippen molar-refractivity contribution in [2.24, 2.45) is 0 Å². The Morgan fingerprint density at radius 3 is 2.44 bits per heavy atom. The van der Waals surface area contributed by atoms with Gasteiger partial charge in [0, 0.05) is 5.56 Å². The van der Waals surface area contributed by atoms with Crippen LogP contribution in [0.1, 0.15) is 11.3 Å². The number of hydrogen-bond donors (Lipinski definition) is 1. The third-order valence-corrected chi connectivity index (χ3v) is 1.59. The van der Waals surface area contributed by atoms with Crippen LogP contribution in [0.4, 0.5) is 22.0 Å². The summed E-state index contributed by atoms with van der Waals surface area (Å²) >= 11 is 0. The maximum Gasteiger partial charge on any atom is 0.573 e. The average Bonchev–Trinajstić information content (AvgIpc) is 2.19. The van der Waals surface area contributed by atoms with Crippen LogP contribution in [0.5, 0.6) is 5.75 Å². The number of ether oxygens (including phenoxy) is 1. The molecule has 0 aliphatic carbocycles. The topological polar surface area (TPSA) is 42.4 Å². The first-order valence-electron chi connectivity index (χ1n) is 3.98. The molecule has 1 aromatic rings. The van der Waals surface area contributed by atoms with Crippen LogP contribution in [-0.4, -0.2) is 16.5 Å². The van der Waals surface area contributed by atoms with Crippen LogP contribution < -0.4 is 4.74 Å². The van der Waals surface area contributed by atoms with Gasteiger partial charge in [0.1, 0.15) is 6.67 Å². The van der Waals surface area contributed by atoms with Gasteiger partial charge in [-0.2, -0.15) is 4.39 Å². The molecule has 0 aliphatic heterocycles. The summed E-state index contributed by atoms with van der Waals surface area (Å²) in [5, 5.41) is 8.70. The summed E-state index contributed by atoms with van der Waals surface area (Å²) in [6.07, 6.45) is -5.11. The first-order valence-corrected chi connectivity index (χ1v) is 3.98. The molecule has 0 fully saturated rings. The number of aliphatic hydroxyl groups is 1. The van der Waals surface area contributed by atoms with Crippen LogP contribution in [0.2, 0.25) is 0 Å². The fourth-order valence-electron chi connectivity index (χ4n) is 1.02. The molecule has 0 atom stereocenters. The summed E-state index contributed by atoms with van der Waals surface area (Å²) in [5.74, 6) is -2.86. The van der Waals surface area contributed by atoms with Crippen LogP contribution in [-0.2, 0) is 13.3 Å². The lowest BCUT2D eigenvalue weighted by Crippen LogP contribution is -2.20. The molecule has 0 bridgehead atoms. The van der Waals surface area contributed by atoms with Crippen molar-refractivity contribution in [1.82, 2.24) is 4.98 Å². The lowest BCUT2D eigenvalue weighted by molar-refractivity contribution is -0.276. The molecule has 0 unspecified atom stereocenters. The molecule has 1 rings (SSSR count). The van der Waals surface area contributed by atoms with E-state index in [-0.39, 0.29) is 0 Å². The van der Waals surface area contributed by atoms with E-state index in [0.29, 0.717) is 0 Å². The van der Waals surface area contributed by atoms with Crippen LogP contribution >= 0.6 is 0 Å². The van der Waals surface area contributed by atoms with Crippen LogP contribution in [0.3, 0.4) is 0 Å². The normalized spacial score (nSPS) is 11.6. The molecule has 16 heavy (non-hydrogen) atoms. The van der Waals surface area contributed by atoms with E-state index in [1.807, 2.05) is 0 Å². The summed E-state index contributed by atoms with van der Waals surface area (Å²) < 4.78 is 64.0. The fourth-order valence-corrected chi connectivity index (χ4v) is 1.02. The van der Waals surface area contributed by atoms with Crippen molar-refractivity contribution in [3.05, 3.63) is 23.3 Å². The highest BCUT2D eigenvalue weighted by molar-refractivity contribution is 5.33. The van der Waals surface area contributed by atoms with E-state index in [0.717, 1.165) is 6.07 Å². The summed E-state index contributed by atoms with van der Waals surface area (Å²) in [6.45, 7) is -2.08. The minimum absolute atomic E-state index is 0.420. The van der Waals surface area contributed by atoms with E-state index in [1.54, 1.807) is 0 Å². The molecular weight excluding hydrogens is 237 g/mol. The van der Waals surface area contributed by atoms with Crippen LogP contribution in [0.15, 0.2) is 6.07 Å². The lowest BCUT2D eigenvalue weighted by atomic mass is 10.2. The molecule has 0 aromatic carbocycles. The maximum atomic E-state index is 13.0. The molecular formula is C8H6F5NO2. The number of halogens is 5. The van der Waals surface area contributed by atoms with E-state index >= 15 is 0 Å². The lowest BCUT2D eigenvalue weighted by Gasteiger charge is -2.12. The fraction of sp³-hybridized carbons (Fsp3) is 0.375. The number of aliphatic hydroxyl groups excluding tert-OH is 1. The third kappa shape index (κ3) is 3.02. The molecule has 0 amide bonds. The van der Waals surface area contributed by atoms with Crippen molar-refractivity contribution in [3.63, 3.8) is 0 Å². The number of rotatable bonds is 3. The van der Waals surface area contributed by atoms with Crippen LogP contribution in [0, 0.1) is 5.95 Å². The zero-order chi connectivity index (χ0) is 12.3. The molecule has 8 heteroatoms. The number of alkyl halides is 4. The van der Waals surface area contributed by atoms with Crippen molar-refractivity contribution in [3.8, 4) is 5.75 Å². The van der Waals surface area contributed by atoms with E-state index < -0.39 is 42.6 Å². The van der Waals surface area contributed by atoms with Gasteiger partial charge in [0.05, 0.1) is 12.3 Å². The SMILES string of the molecule is OCc1cc(CF)nc(F)c1OC(F)(F)F. The number of nitrogens with zero attached hydrogens (tertiary/aromatic N) is 1. The summed E-state index contributed by atoms with van der Waals surface area (Å²) in [7, 11) is 0. The Morgan fingerprint density at radius 1 is 1.38 bits per heavy atom. The van der Waals surface area contributed by atoms with Crippen molar-refractivity contribution in [2.75, 3.05) is 0 Å². The molecule has 1 N–H and O–H groups in total. The first-order chi connectivity index (χ1) is 7.37. The predicted molar refractivity (Wildman–Crippen MR) is 41.6 cm³/mol. The monoisotopic (exact) mass is 243 g/mol. The van der Waals surface area contributed by atoms with Crippen molar-refractivity contribution >= 4 is 0 Å². The number of aromatic nitrogens is 1. The van der Waals surface area contributed by atoms with Gasteiger partial charge in [0.15, 0.2) is 5.75 Å². The predicted octanol–water partition coefficient (Wildman–Crippen LogP) is 2.08. The van der Waals surface area contributed by atoms with E-state index in [1.165, 1.54) is 0 Å². The first kappa shape index (κ1) is 12.6. The van der Waals surface area contributed by atoms with E-state index in [4.69, 9.17) is 5.11 Å². The highest BCUT2D eigenvalue weighted by atomic mass is 19.4. The number of hydrogen-bond acceptors (Lipinski definition) is 3. The Balaban J connectivity index is 3.16. The second-order valence-electron chi connectivity index (χ2n) is 2.73. The molecule has 3 nitrogen and oxygen atoms in total. The number of pyridine rings is 1. The summed E-state index contributed by atoms with van der Waals surface area (Å²) in [6, 6.07) is 0.796. The highest BCUT2D eigenvalue weighted by Gasteiger charge is 2.34. The zero-order valence-electron chi connectivity index (χ0n) is 7.68. The average molecular weight is 243 g/mol.